The first-order valence-electron chi connectivity index (χ1n) is 11.1. The van der Waals surface area contributed by atoms with E-state index in [0.717, 1.165) is 28.5 Å². The molecular formula is C24H31N5O2S. The van der Waals surface area contributed by atoms with Crippen molar-refractivity contribution in [3.8, 4) is 17.1 Å². The smallest absolute Gasteiger partial charge is 0.271 e. The van der Waals surface area contributed by atoms with Crippen molar-refractivity contribution in [3.05, 3.63) is 47.7 Å². The zero-order chi connectivity index (χ0) is 22.8. The van der Waals surface area contributed by atoms with Crippen LogP contribution >= 0.6 is 11.3 Å². The molecule has 1 amide bonds. The maximum absolute atomic E-state index is 12.0. The van der Waals surface area contributed by atoms with Crippen LogP contribution in [0.4, 0.5) is 10.8 Å². The van der Waals surface area contributed by atoms with E-state index >= 15 is 0 Å². The van der Waals surface area contributed by atoms with Crippen LogP contribution in [0.15, 0.2) is 42.0 Å². The summed E-state index contributed by atoms with van der Waals surface area (Å²) in [6.45, 7) is 2.93. The van der Waals surface area contributed by atoms with E-state index in [0.29, 0.717) is 18.2 Å². The van der Waals surface area contributed by atoms with Crippen molar-refractivity contribution < 1.29 is 9.53 Å². The highest BCUT2D eigenvalue weighted by molar-refractivity contribution is 7.14. The molecule has 0 spiro atoms. The Morgan fingerprint density at radius 1 is 1.03 bits per heavy atom. The quantitative estimate of drug-likeness (QED) is 0.350. The molecule has 0 atom stereocenters. The predicted molar refractivity (Wildman–Crippen MR) is 130 cm³/mol. The van der Waals surface area contributed by atoms with Crippen molar-refractivity contribution >= 4 is 28.1 Å². The van der Waals surface area contributed by atoms with E-state index in [4.69, 9.17) is 4.74 Å². The molecule has 32 heavy (non-hydrogen) atoms. The van der Waals surface area contributed by atoms with Crippen LogP contribution in [0.2, 0.25) is 0 Å². The number of aromatic nitrogens is 3. The Bertz CT molecular complexity index is 971. The number of rotatable bonds is 12. The van der Waals surface area contributed by atoms with Crippen LogP contribution in [0.3, 0.4) is 0 Å². The predicted octanol–water partition coefficient (Wildman–Crippen LogP) is 5.78. The first-order chi connectivity index (χ1) is 15.6. The number of unbranched alkanes of at least 4 members (excludes halogenated alkanes) is 5. The van der Waals surface area contributed by atoms with E-state index in [-0.39, 0.29) is 5.91 Å². The summed E-state index contributed by atoms with van der Waals surface area (Å²) >= 11 is 1.50. The lowest BCUT2D eigenvalue weighted by Gasteiger charge is -2.09. The minimum absolute atomic E-state index is 0.121. The molecule has 3 aromatic heterocycles. The van der Waals surface area contributed by atoms with Crippen molar-refractivity contribution in [2.45, 2.75) is 45.4 Å². The van der Waals surface area contributed by atoms with Gasteiger partial charge in [-0.3, -0.25) is 9.78 Å². The fourth-order valence-electron chi connectivity index (χ4n) is 3.09. The fourth-order valence-corrected chi connectivity index (χ4v) is 3.83. The van der Waals surface area contributed by atoms with Crippen molar-refractivity contribution in [1.82, 2.24) is 19.9 Å². The number of thiazole rings is 1. The van der Waals surface area contributed by atoms with Crippen molar-refractivity contribution in [2.24, 2.45) is 0 Å². The van der Waals surface area contributed by atoms with Crippen LogP contribution in [-0.2, 0) is 0 Å². The Hall–Kier alpha value is -3.00. The van der Waals surface area contributed by atoms with Gasteiger partial charge in [0.2, 0.25) is 5.88 Å². The van der Waals surface area contributed by atoms with Crippen molar-refractivity contribution in [2.75, 3.05) is 26.0 Å². The Morgan fingerprint density at radius 3 is 2.53 bits per heavy atom. The molecule has 0 aliphatic heterocycles. The molecule has 3 heterocycles. The highest BCUT2D eigenvalue weighted by atomic mass is 32.1. The molecule has 170 valence electrons. The van der Waals surface area contributed by atoms with Gasteiger partial charge in [-0.25, -0.2) is 9.97 Å². The van der Waals surface area contributed by atoms with Gasteiger partial charge in [-0.15, -0.1) is 11.3 Å². The largest absolute Gasteiger partial charge is 0.478 e. The number of nitrogens with zero attached hydrogens (tertiary/aromatic N) is 4. The van der Waals surface area contributed by atoms with E-state index in [1.165, 1.54) is 48.3 Å². The van der Waals surface area contributed by atoms with Gasteiger partial charge in [0, 0.05) is 37.3 Å². The molecule has 7 nitrogen and oxygen atoms in total. The Morgan fingerprint density at radius 2 is 1.84 bits per heavy atom. The number of anilines is 2. The summed E-state index contributed by atoms with van der Waals surface area (Å²) in [5, 5.41) is 5.99. The summed E-state index contributed by atoms with van der Waals surface area (Å²) in [4.78, 5) is 26.7. The zero-order valence-corrected chi connectivity index (χ0v) is 19.8. The average molecular weight is 454 g/mol. The number of nitrogens with one attached hydrogen (secondary N) is 1. The third-order valence-corrected chi connectivity index (χ3v) is 5.68. The Kier molecular flexibility index (Phi) is 8.98. The highest BCUT2D eigenvalue weighted by Gasteiger charge is 2.11. The van der Waals surface area contributed by atoms with Crippen molar-refractivity contribution in [3.63, 3.8) is 0 Å². The maximum Gasteiger partial charge on any atom is 0.271 e. The number of amides is 1. The second-order valence-electron chi connectivity index (χ2n) is 7.80. The van der Waals surface area contributed by atoms with E-state index in [2.05, 4.69) is 27.2 Å². The van der Waals surface area contributed by atoms with Gasteiger partial charge in [0.1, 0.15) is 5.69 Å². The third-order valence-electron chi connectivity index (χ3n) is 4.92. The van der Waals surface area contributed by atoms with E-state index in [1.54, 1.807) is 32.6 Å². The van der Waals surface area contributed by atoms with Crippen LogP contribution in [0.1, 0.15) is 55.9 Å². The number of hydrogen-bond donors (Lipinski definition) is 1. The molecule has 3 aromatic rings. The minimum Gasteiger partial charge on any atom is -0.478 e. The maximum atomic E-state index is 12.0. The summed E-state index contributed by atoms with van der Waals surface area (Å²) in [6.07, 6.45) is 10.9. The van der Waals surface area contributed by atoms with E-state index in [1.807, 2.05) is 23.6 Å². The second-order valence-corrected chi connectivity index (χ2v) is 8.65. The van der Waals surface area contributed by atoms with Gasteiger partial charge in [-0.1, -0.05) is 39.0 Å². The number of pyridine rings is 2. The number of carbonyl (C=O) groups is 1. The molecule has 0 bridgehead atoms. The third kappa shape index (κ3) is 7.02. The summed E-state index contributed by atoms with van der Waals surface area (Å²) in [5.41, 5.74) is 2.93. The monoisotopic (exact) mass is 453 g/mol. The fraction of sp³-hybridized carbons (Fsp3) is 0.417. The second kappa shape index (κ2) is 12.1. The summed E-state index contributed by atoms with van der Waals surface area (Å²) in [6, 6.07) is 7.39. The Balaban J connectivity index is 1.48. The van der Waals surface area contributed by atoms with E-state index in [9.17, 15) is 4.79 Å². The van der Waals surface area contributed by atoms with Gasteiger partial charge in [0.15, 0.2) is 5.13 Å². The lowest BCUT2D eigenvalue weighted by Crippen LogP contribution is -2.22. The van der Waals surface area contributed by atoms with Crippen LogP contribution in [0.25, 0.3) is 11.3 Å². The number of carbonyl (C=O) groups excluding carboxylic acids is 1. The molecule has 3 rings (SSSR count). The number of hydrogen-bond acceptors (Lipinski definition) is 7. The standard InChI is InChI=1S/C24H31N5O2S/c1-4-5-6-7-8-9-14-31-22-13-11-19(16-26-22)27-24-28-21(17-32-24)18-10-12-20(25-15-18)23(30)29(2)3/h10-13,15-17H,4-9,14H2,1-3H3,(H,27,28). The van der Waals surface area contributed by atoms with Gasteiger partial charge in [-0.05, 0) is 24.6 Å². The van der Waals surface area contributed by atoms with Gasteiger partial charge < -0.3 is 15.0 Å². The molecule has 0 unspecified atom stereocenters. The molecule has 0 saturated heterocycles. The first kappa shape index (κ1) is 23.7. The summed E-state index contributed by atoms with van der Waals surface area (Å²) in [7, 11) is 3.42. The van der Waals surface area contributed by atoms with Gasteiger partial charge >= 0.3 is 0 Å². The lowest BCUT2D eigenvalue weighted by atomic mass is 10.1. The van der Waals surface area contributed by atoms with Gasteiger partial charge in [0.05, 0.1) is 24.2 Å². The molecule has 0 aliphatic carbocycles. The number of ether oxygens (including phenoxy) is 1. The molecular weight excluding hydrogens is 422 g/mol. The summed E-state index contributed by atoms with van der Waals surface area (Å²) in [5.74, 6) is 0.520. The molecule has 0 radical (unpaired) electrons. The molecule has 0 saturated carbocycles. The Labute approximate surface area is 193 Å². The highest BCUT2D eigenvalue weighted by Crippen LogP contribution is 2.27. The molecule has 1 N–H and O–H groups in total. The lowest BCUT2D eigenvalue weighted by molar-refractivity contribution is 0.0822. The van der Waals surface area contributed by atoms with Crippen molar-refractivity contribution in [1.29, 1.82) is 0 Å². The van der Waals surface area contributed by atoms with E-state index < -0.39 is 0 Å². The molecule has 0 aromatic carbocycles. The van der Waals surface area contributed by atoms with Crippen LogP contribution in [0.5, 0.6) is 5.88 Å². The van der Waals surface area contributed by atoms with Crippen LogP contribution in [-0.4, -0.2) is 46.5 Å². The summed E-state index contributed by atoms with van der Waals surface area (Å²) < 4.78 is 5.73. The normalized spacial score (nSPS) is 10.7. The topological polar surface area (TPSA) is 80.2 Å². The van der Waals surface area contributed by atoms with Crippen LogP contribution in [0, 0.1) is 0 Å². The molecule has 8 heteroatoms. The minimum atomic E-state index is -0.121. The zero-order valence-electron chi connectivity index (χ0n) is 19.0. The average Bonchev–Trinajstić information content (AvgIpc) is 3.27. The van der Waals surface area contributed by atoms with Crippen LogP contribution < -0.4 is 10.1 Å². The molecule has 0 fully saturated rings. The van der Waals surface area contributed by atoms with Gasteiger partial charge in [0.25, 0.3) is 5.91 Å². The molecule has 0 aliphatic rings. The SMILES string of the molecule is CCCCCCCCOc1ccc(Nc2nc(-c3ccc(C(=O)N(C)C)nc3)cs2)cn1. The first-order valence-corrected chi connectivity index (χ1v) is 11.9. The van der Waals surface area contributed by atoms with Gasteiger partial charge in [-0.2, -0.15) is 0 Å².